The van der Waals surface area contributed by atoms with Gasteiger partial charge in [0, 0.05) is 31.4 Å². The van der Waals surface area contributed by atoms with Crippen molar-refractivity contribution in [2.45, 2.75) is 0 Å². The maximum absolute atomic E-state index is 11.7. The van der Waals surface area contributed by atoms with Crippen LogP contribution in [0.4, 0.5) is 5.69 Å². The largest absolute Gasteiger partial charge is 0.497 e. The van der Waals surface area contributed by atoms with Crippen molar-refractivity contribution in [1.82, 2.24) is 0 Å². The van der Waals surface area contributed by atoms with E-state index in [1.807, 2.05) is 43.3 Å². The fourth-order valence-corrected chi connectivity index (χ4v) is 2.31. The molecule has 5 heteroatoms. The maximum atomic E-state index is 11.7. The second kappa shape index (κ2) is 7.55. The van der Waals surface area contributed by atoms with E-state index in [1.165, 1.54) is 7.11 Å². The topological polar surface area (TPSA) is 59.0 Å². The van der Waals surface area contributed by atoms with E-state index in [4.69, 9.17) is 9.47 Å². The minimum Gasteiger partial charge on any atom is -0.497 e. The number of methoxy groups -OCH3 is 2. The highest BCUT2D eigenvalue weighted by Gasteiger charge is 2.16. The van der Waals surface area contributed by atoms with E-state index in [0.717, 1.165) is 11.3 Å². The van der Waals surface area contributed by atoms with Gasteiger partial charge in [-0.3, -0.25) is 0 Å². The highest BCUT2D eigenvalue weighted by molar-refractivity contribution is 6.21. The van der Waals surface area contributed by atoms with E-state index in [0.29, 0.717) is 17.1 Å². The van der Waals surface area contributed by atoms with E-state index >= 15 is 0 Å². The minimum atomic E-state index is -1.02. The first-order chi connectivity index (χ1) is 11.5. The molecule has 5 nitrogen and oxygen atoms in total. The molecule has 2 rings (SSSR count). The Bertz CT molecular complexity index is 748. The molecule has 2 aromatic rings. The normalized spacial score (nSPS) is 11.1. The van der Waals surface area contributed by atoms with Crippen molar-refractivity contribution in [3.8, 4) is 11.5 Å². The van der Waals surface area contributed by atoms with Gasteiger partial charge < -0.3 is 19.5 Å². The van der Waals surface area contributed by atoms with Gasteiger partial charge in [0.25, 0.3) is 0 Å². The van der Waals surface area contributed by atoms with Crippen molar-refractivity contribution in [2.24, 2.45) is 0 Å². The van der Waals surface area contributed by atoms with Crippen LogP contribution < -0.4 is 14.4 Å². The first kappa shape index (κ1) is 17.4. The summed E-state index contributed by atoms with van der Waals surface area (Å²) in [5.41, 5.74) is 2.51. The fourth-order valence-electron chi connectivity index (χ4n) is 2.31. The Hall–Kier alpha value is -2.95. The molecule has 0 aliphatic heterocycles. The summed E-state index contributed by atoms with van der Waals surface area (Å²) in [6.45, 7) is 0. The van der Waals surface area contributed by atoms with Crippen LogP contribution in [0.1, 0.15) is 11.1 Å². The number of benzene rings is 2. The lowest BCUT2D eigenvalue weighted by molar-refractivity contribution is -0.130. The van der Waals surface area contributed by atoms with Crippen LogP contribution in [0.15, 0.2) is 42.5 Å². The summed E-state index contributed by atoms with van der Waals surface area (Å²) in [5, 5.41) is 9.61. The second-order valence-electron chi connectivity index (χ2n) is 5.42. The molecule has 24 heavy (non-hydrogen) atoms. The third-order valence-electron chi connectivity index (χ3n) is 3.65. The number of hydrogen-bond acceptors (Lipinski definition) is 4. The van der Waals surface area contributed by atoms with E-state index in [1.54, 1.807) is 31.4 Å². The van der Waals surface area contributed by atoms with Gasteiger partial charge in [0.1, 0.15) is 11.5 Å². The third-order valence-corrected chi connectivity index (χ3v) is 3.65. The van der Waals surface area contributed by atoms with Gasteiger partial charge in [-0.2, -0.15) is 0 Å². The molecular weight excluding hydrogens is 306 g/mol. The first-order valence-corrected chi connectivity index (χ1v) is 7.41. The van der Waals surface area contributed by atoms with Crippen molar-refractivity contribution < 1.29 is 19.4 Å². The summed E-state index contributed by atoms with van der Waals surface area (Å²) >= 11 is 0. The van der Waals surface area contributed by atoms with Crippen molar-refractivity contribution >= 4 is 23.3 Å². The smallest absolute Gasteiger partial charge is 0.336 e. The molecule has 2 aromatic carbocycles. The number of carboxylic acids is 1. The van der Waals surface area contributed by atoms with E-state index in [-0.39, 0.29) is 5.57 Å². The van der Waals surface area contributed by atoms with Crippen molar-refractivity contribution in [2.75, 3.05) is 33.2 Å². The molecule has 0 radical (unpaired) electrons. The number of nitrogens with zero attached hydrogens (tertiary/aromatic N) is 1. The molecule has 0 aliphatic carbocycles. The number of aliphatic carboxylic acids is 1. The Kier molecular flexibility index (Phi) is 5.47. The van der Waals surface area contributed by atoms with Crippen LogP contribution in [0.2, 0.25) is 0 Å². The molecule has 0 saturated carbocycles. The van der Waals surface area contributed by atoms with Crippen LogP contribution in [0.25, 0.3) is 11.6 Å². The zero-order chi connectivity index (χ0) is 17.7. The first-order valence-electron chi connectivity index (χ1n) is 7.41. The van der Waals surface area contributed by atoms with Gasteiger partial charge in [-0.05, 0) is 35.9 Å². The molecule has 0 fully saturated rings. The Morgan fingerprint density at radius 1 is 1.04 bits per heavy atom. The van der Waals surface area contributed by atoms with Gasteiger partial charge in [0.15, 0.2) is 0 Å². The lowest BCUT2D eigenvalue weighted by Gasteiger charge is -2.13. The predicted molar refractivity (Wildman–Crippen MR) is 95.8 cm³/mol. The minimum absolute atomic E-state index is 0.159. The molecule has 126 valence electrons. The summed E-state index contributed by atoms with van der Waals surface area (Å²) in [4.78, 5) is 13.7. The molecule has 0 bridgehead atoms. The van der Waals surface area contributed by atoms with Crippen molar-refractivity contribution in [3.05, 3.63) is 53.6 Å². The number of carbonyl (C=O) groups is 1. The monoisotopic (exact) mass is 327 g/mol. The van der Waals surface area contributed by atoms with Crippen LogP contribution in [0, 0.1) is 0 Å². The summed E-state index contributed by atoms with van der Waals surface area (Å²) in [5.74, 6) is 0.0405. The van der Waals surface area contributed by atoms with Gasteiger partial charge in [0.05, 0.1) is 19.8 Å². The number of anilines is 1. The fraction of sp³-hybridized carbons (Fsp3) is 0.211. The Morgan fingerprint density at radius 2 is 1.71 bits per heavy atom. The Morgan fingerprint density at radius 3 is 2.21 bits per heavy atom. The molecule has 1 N–H and O–H groups in total. The van der Waals surface area contributed by atoms with Crippen LogP contribution in [-0.2, 0) is 4.79 Å². The molecule has 0 saturated heterocycles. The van der Waals surface area contributed by atoms with Crippen LogP contribution >= 0.6 is 0 Å². The SMILES string of the molecule is COc1ccc(/C(=C/c2ccc(N(C)C)cc2)C(=O)O)c(OC)c1. The number of hydrogen-bond donors (Lipinski definition) is 1. The summed E-state index contributed by atoms with van der Waals surface area (Å²) in [7, 11) is 6.96. The molecule has 0 aliphatic rings. The maximum Gasteiger partial charge on any atom is 0.336 e. The third kappa shape index (κ3) is 3.87. The van der Waals surface area contributed by atoms with E-state index < -0.39 is 5.97 Å². The summed E-state index contributed by atoms with van der Waals surface area (Å²) in [6.07, 6.45) is 1.63. The average molecular weight is 327 g/mol. The lowest BCUT2D eigenvalue weighted by Crippen LogP contribution is -2.08. The van der Waals surface area contributed by atoms with Crippen LogP contribution in [0.5, 0.6) is 11.5 Å². The quantitative estimate of drug-likeness (QED) is 0.651. The highest BCUT2D eigenvalue weighted by atomic mass is 16.5. The Labute approximate surface area is 141 Å². The van der Waals surface area contributed by atoms with E-state index in [9.17, 15) is 9.90 Å². The molecule has 0 atom stereocenters. The number of ether oxygens (including phenoxy) is 2. The Balaban J connectivity index is 2.48. The van der Waals surface area contributed by atoms with Gasteiger partial charge in [-0.1, -0.05) is 12.1 Å². The number of carboxylic acid groups (broad SMARTS) is 1. The molecule has 0 aromatic heterocycles. The zero-order valence-electron chi connectivity index (χ0n) is 14.2. The predicted octanol–water partition coefficient (Wildman–Crippen LogP) is 3.40. The lowest BCUT2D eigenvalue weighted by atomic mass is 10.0. The van der Waals surface area contributed by atoms with Gasteiger partial charge in [0.2, 0.25) is 0 Å². The van der Waals surface area contributed by atoms with Gasteiger partial charge in [-0.15, -0.1) is 0 Å². The highest BCUT2D eigenvalue weighted by Crippen LogP contribution is 2.31. The van der Waals surface area contributed by atoms with Gasteiger partial charge >= 0.3 is 5.97 Å². The van der Waals surface area contributed by atoms with Gasteiger partial charge in [-0.25, -0.2) is 4.79 Å². The summed E-state index contributed by atoms with van der Waals surface area (Å²) < 4.78 is 10.5. The molecular formula is C19H21NO4. The van der Waals surface area contributed by atoms with Crippen molar-refractivity contribution in [1.29, 1.82) is 0 Å². The molecule has 0 unspecified atom stereocenters. The molecule has 0 amide bonds. The van der Waals surface area contributed by atoms with Crippen molar-refractivity contribution in [3.63, 3.8) is 0 Å². The van der Waals surface area contributed by atoms with Crippen LogP contribution in [0.3, 0.4) is 0 Å². The standard InChI is InChI=1S/C19H21NO4/c1-20(2)14-7-5-13(6-8-14)11-17(19(21)22)16-10-9-15(23-3)12-18(16)24-4/h5-12H,1-4H3,(H,21,22)/b17-11-. The zero-order valence-corrected chi connectivity index (χ0v) is 14.2. The summed E-state index contributed by atoms with van der Waals surface area (Å²) in [6, 6.07) is 12.7. The number of rotatable bonds is 6. The molecule has 0 spiro atoms. The van der Waals surface area contributed by atoms with Crippen LogP contribution in [-0.4, -0.2) is 39.4 Å². The average Bonchev–Trinajstić information content (AvgIpc) is 2.59. The van der Waals surface area contributed by atoms with E-state index in [2.05, 4.69) is 0 Å². The second-order valence-corrected chi connectivity index (χ2v) is 5.42. The molecule has 0 heterocycles.